The number of nitrogens with zero attached hydrogens (tertiary/aromatic N) is 1. The predicted molar refractivity (Wildman–Crippen MR) is 126 cm³/mol. The number of nitrogens with one attached hydrogen (secondary N) is 2. The summed E-state index contributed by atoms with van der Waals surface area (Å²) in [4.78, 5) is 36.2. The minimum atomic E-state index is -1.10. The van der Waals surface area contributed by atoms with Crippen molar-refractivity contribution < 1.29 is 19.8 Å². The Balaban J connectivity index is 1.77. The van der Waals surface area contributed by atoms with E-state index in [0.717, 1.165) is 11.1 Å². The lowest BCUT2D eigenvalue weighted by atomic mass is 9.99. The molecule has 172 valence electrons. The Morgan fingerprint density at radius 3 is 2.42 bits per heavy atom. The number of aromatic nitrogens is 1. The van der Waals surface area contributed by atoms with E-state index in [0.29, 0.717) is 22.6 Å². The number of aliphatic carboxylic acids is 1. The van der Waals surface area contributed by atoms with Gasteiger partial charge in [-0.15, -0.1) is 0 Å². The molecule has 33 heavy (non-hydrogen) atoms. The smallest absolute Gasteiger partial charge is 0.319 e. The number of aromatic hydroxyl groups is 1. The van der Waals surface area contributed by atoms with E-state index in [4.69, 9.17) is 11.6 Å². The van der Waals surface area contributed by atoms with Crippen LogP contribution in [0.15, 0.2) is 59.5 Å². The number of carbonyl (C=O) groups is 2. The van der Waals surface area contributed by atoms with Gasteiger partial charge in [-0.3, -0.25) is 9.59 Å². The fourth-order valence-electron chi connectivity index (χ4n) is 3.46. The molecule has 0 spiro atoms. The highest BCUT2D eigenvalue weighted by Gasteiger charge is 2.21. The first-order valence-electron chi connectivity index (χ1n) is 10.2. The molecule has 2 aromatic carbocycles. The number of hydrogen-bond acceptors (Lipinski definition) is 4. The first-order valence-corrected chi connectivity index (χ1v) is 10.5. The van der Waals surface area contributed by atoms with Crippen LogP contribution in [-0.4, -0.2) is 26.8 Å². The van der Waals surface area contributed by atoms with Crippen LogP contribution in [-0.2, 0) is 18.3 Å². The number of halogens is 1. The van der Waals surface area contributed by atoms with Crippen LogP contribution in [0.1, 0.15) is 34.7 Å². The largest absolute Gasteiger partial charge is 0.505 e. The molecule has 0 bridgehead atoms. The average Bonchev–Trinajstić information content (AvgIpc) is 2.77. The molecular formula is C24H24ClN3O5. The molecule has 4 N–H and O–H groups in total. The number of pyridine rings is 1. The van der Waals surface area contributed by atoms with Crippen molar-refractivity contribution in [1.82, 2.24) is 9.88 Å². The van der Waals surface area contributed by atoms with Gasteiger partial charge < -0.3 is 25.4 Å². The van der Waals surface area contributed by atoms with E-state index < -0.39 is 23.6 Å². The van der Waals surface area contributed by atoms with Crippen LogP contribution in [0.25, 0.3) is 0 Å². The molecular weight excluding hydrogens is 446 g/mol. The number of anilines is 1. The fourth-order valence-corrected chi connectivity index (χ4v) is 3.66. The van der Waals surface area contributed by atoms with Crippen LogP contribution >= 0.6 is 11.6 Å². The van der Waals surface area contributed by atoms with Gasteiger partial charge in [0.25, 0.3) is 5.56 Å². The van der Waals surface area contributed by atoms with Gasteiger partial charge in [0.15, 0.2) is 5.69 Å². The van der Waals surface area contributed by atoms with E-state index in [1.165, 1.54) is 17.8 Å². The highest BCUT2D eigenvalue weighted by atomic mass is 35.5. The van der Waals surface area contributed by atoms with Gasteiger partial charge in [-0.2, -0.15) is 0 Å². The molecule has 0 aliphatic rings. The van der Waals surface area contributed by atoms with Crippen molar-refractivity contribution in [3.63, 3.8) is 0 Å². The first kappa shape index (κ1) is 23.9. The Bertz CT molecular complexity index is 1240. The maximum absolute atomic E-state index is 12.6. The first-order chi connectivity index (χ1) is 15.7. The predicted octanol–water partition coefficient (Wildman–Crippen LogP) is 3.98. The summed E-state index contributed by atoms with van der Waals surface area (Å²) < 4.78 is 1.23. The van der Waals surface area contributed by atoms with Gasteiger partial charge in [0.2, 0.25) is 0 Å². The van der Waals surface area contributed by atoms with Gasteiger partial charge in [0.1, 0.15) is 5.75 Å². The standard InChI is InChI=1S/C24H24ClN3O5/c1-14-13-28(2)23(32)21(22(14)31)27-24(33)26-19(12-20(29)30)16-9-7-15(8-10-16)11-17-5-3-4-6-18(17)25/h3-10,13,19,31H,11-12H2,1-2H3,(H,29,30)(H2,26,27,33)/t19-/m0/s1. The second kappa shape index (κ2) is 10.2. The lowest BCUT2D eigenvalue weighted by Crippen LogP contribution is -2.36. The number of carboxylic acids is 1. The fraction of sp³-hybridized carbons (Fsp3) is 0.208. The quantitative estimate of drug-likeness (QED) is 0.417. The molecule has 1 aromatic heterocycles. The number of benzene rings is 2. The normalized spacial score (nSPS) is 11.6. The highest BCUT2D eigenvalue weighted by Crippen LogP contribution is 2.24. The van der Waals surface area contributed by atoms with Gasteiger partial charge in [-0.05, 0) is 36.1 Å². The van der Waals surface area contributed by atoms with Crippen molar-refractivity contribution in [3.05, 3.63) is 92.4 Å². The summed E-state index contributed by atoms with van der Waals surface area (Å²) in [5.74, 6) is -1.44. The molecule has 0 unspecified atom stereocenters. The van der Waals surface area contributed by atoms with Gasteiger partial charge in [0, 0.05) is 23.8 Å². The van der Waals surface area contributed by atoms with E-state index >= 15 is 0 Å². The topological polar surface area (TPSA) is 121 Å². The van der Waals surface area contributed by atoms with Crippen molar-refractivity contribution in [2.24, 2.45) is 7.05 Å². The summed E-state index contributed by atoms with van der Waals surface area (Å²) in [7, 11) is 1.50. The van der Waals surface area contributed by atoms with Crippen molar-refractivity contribution >= 4 is 29.3 Å². The lowest BCUT2D eigenvalue weighted by molar-refractivity contribution is -0.137. The highest BCUT2D eigenvalue weighted by molar-refractivity contribution is 6.31. The zero-order valence-corrected chi connectivity index (χ0v) is 18.9. The summed E-state index contributed by atoms with van der Waals surface area (Å²) >= 11 is 6.22. The molecule has 3 rings (SSSR count). The third kappa shape index (κ3) is 5.93. The number of hydrogen-bond donors (Lipinski definition) is 4. The van der Waals surface area contributed by atoms with Crippen LogP contribution in [0.4, 0.5) is 10.5 Å². The molecule has 2 amide bonds. The van der Waals surface area contributed by atoms with Crippen molar-refractivity contribution in [3.8, 4) is 5.75 Å². The van der Waals surface area contributed by atoms with E-state index in [9.17, 15) is 24.6 Å². The third-order valence-electron chi connectivity index (χ3n) is 5.19. The van der Waals surface area contributed by atoms with Gasteiger partial charge in [0.05, 0.1) is 12.5 Å². The second-order valence-corrected chi connectivity index (χ2v) is 8.12. The summed E-state index contributed by atoms with van der Waals surface area (Å²) in [6.07, 6.45) is 1.68. The Kier molecular flexibility index (Phi) is 7.40. The van der Waals surface area contributed by atoms with E-state index in [1.807, 2.05) is 36.4 Å². The Morgan fingerprint density at radius 1 is 1.12 bits per heavy atom. The Hall–Kier alpha value is -3.78. The van der Waals surface area contributed by atoms with Gasteiger partial charge in [-0.1, -0.05) is 54.1 Å². The lowest BCUT2D eigenvalue weighted by Gasteiger charge is -2.19. The molecule has 8 nitrogen and oxygen atoms in total. The van der Waals surface area contributed by atoms with Crippen LogP contribution in [0, 0.1) is 6.92 Å². The zero-order chi connectivity index (χ0) is 24.1. The maximum Gasteiger partial charge on any atom is 0.319 e. The zero-order valence-electron chi connectivity index (χ0n) is 18.1. The van der Waals surface area contributed by atoms with Crippen molar-refractivity contribution in [1.29, 1.82) is 0 Å². The molecule has 1 atom stereocenters. The minimum Gasteiger partial charge on any atom is -0.505 e. The summed E-state index contributed by atoms with van der Waals surface area (Å²) in [5.41, 5.74) is 2.05. The van der Waals surface area contributed by atoms with Crippen LogP contribution < -0.4 is 16.2 Å². The summed E-state index contributed by atoms with van der Waals surface area (Å²) in [5, 5.41) is 25.0. The molecule has 3 aromatic rings. The number of rotatable bonds is 7. The third-order valence-corrected chi connectivity index (χ3v) is 5.56. The molecule has 0 saturated carbocycles. The second-order valence-electron chi connectivity index (χ2n) is 7.71. The maximum atomic E-state index is 12.6. The summed E-state index contributed by atoms with van der Waals surface area (Å²) in [6, 6.07) is 13.0. The SMILES string of the molecule is Cc1cn(C)c(=O)c(NC(=O)N[C@@H](CC(=O)O)c2ccc(Cc3ccccc3Cl)cc2)c1O. The number of carbonyl (C=O) groups excluding carboxylic acids is 1. The molecule has 0 fully saturated rings. The number of aryl methyl sites for hydroxylation is 2. The van der Waals surface area contributed by atoms with Gasteiger partial charge >= 0.3 is 12.0 Å². The van der Waals surface area contributed by atoms with Crippen LogP contribution in [0.5, 0.6) is 5.75 Å². The molecule has 0 radical (unpaired) electrons. The monoisotopic (exact) mass is 469 g/mol. The van der Waals surface area contributed by atoms with Crippen molar-refractivity contribution in [2.45, 2.75) is 25.8 Å². The molecule has 9 heteroatoms. The minimum absolute atomic E-state index is 0.279. The van der Waals surface area contributed by atoms with E-state index in [1.54, 1.807) is 19.1 Å². The van der Waals surface area contributed by atoms with Crippen LogP contribution in [0.2, 0.25) is 5.02 Å². The number of amides is 2. The van der Waals surface area contributed by atoms with Crippen LogP contribution in [0.3, 0.4) is 0 Å². The average molecular weight is 470 g/mol. The van der Waals surface area contributed by atoms with E-state index in [-0.39, 0.29) is 17.9 Å². The Labute approximate surface area is 195 Å². The molecule has 0 aliphatic carbocycles. The molecule has 0 aliphatic heterocycles. The Morgan fingerprint density at radius 2 is 1.79 bits per heavy atom. The molecule has 1 heterocycles. The number of urea groups is 1. The molecule has 0 saturated heterocycles. The number of carboxylic acid groups (broad SMARTS) is 1. The van der Waals surface area contributed by atoms with Gasteiger partial charge in [-0.25, -0.2) is 4.79 Å². The van der Waals surface area contributed by atoms with E-state index in [2.05, 4.69) is 10.6 Å². The van der Waals surface area contributed by atoms with Crippen molar-refractivity contribution in [2.75, 3.05) is 5.32 Å². The summed E-state index contributed by atoms with van der Waals surface area (Å²) in [6.45, 7) is 1.59.